The first-order valence-corrected chi connectivity index (χ1v) is 6.92. The van der Waals surface area contributed by atoms with Crippen LogP contribution in [0.25, 0.3) is 0 Å². The molecule has 0 fully saturated rings. The molecule has 0 aliphatic carbocycles. The van der Waals surface area contributed by atoms with Crippen LogP contribution in [0.2, 0.25) is 20.2 Å². The third-order valence-corrected chi connectivity index (χ3v) is 3.70. The van der Waals surface area contributed by atoms with Crippen LogP contribution in [0, 0.1) is 0 Å². The van der Waals surface area contributed by atoms with E-state index in [-0.39, 0.29) is 21.1 Å². The highest BCUT2D eigenvalue weighted by atomic mass is 79.9. The average Bonchev–Trinajstić information content (AvgIpc) is 2.30. The first-order valence-electron chi connectivity index (χ1n) is 4.62. The van der Waals surface area contributed by atoms with Crippen LogP contribution < -0.4 is 4.74 Å². The second-order valence-electron chi connectivity index (χ2n) is 3.22. The van der Waals surface area contributed by atoms with Gasteiger partial charge in [0.05, 0.1) is 10.0 Å². The molecule has 2 rings (SSSR count). The van der Waals surface area contributed by atoms with Crippen molar-refractivity contribution in [2.75, 3.05) is 0 Å². The number of hydrogen-bond donors (Lipinski definition) is 0. The number of aromatic nitrogens is 1. The topological polar surface area (TPSA) is 22.1 Å². The molecular formula is C11H4BrCl4NO. The molecule has 1 heterocycles. The second-order valence-corrected chi connectivity index (χ2v) is 5.72. The summed E-state index contributed by atoms with van der Waals surface area (Å²) in [6.07, 6.45) is 0. The Hall–Kier alpha value is -0.190. The van der Waals surface area contributed by atoms with Gasteiger partial charge < -0.3 is 4.74 Å². The fraction of sp³-hybridized carbons (Fsp3) is 0. The maximum absolute atomic E-state index is 5.99. The van der Waals surface area contributed by atoms with Gasteiger partial charge in [-0.3, -0.25) is 0 Å². The number of rotatable bonds is 2. The Kier molecular flexibility index (Phi) is 4.62. The molecule has 0 spiro atoms. The van der Waals surface area contributed by atoms with Gasteiger partial charge in [-0.1, -0.05) is 62.3 Å². The molecule has 7 heteroatoms. The van der Waals surface area contributed by atoms with Crippen molar-refractivity contribution >= 4 is 62.3 Å². The molecule has 0 unspecified atom stereocenters. The van der Waals surface area contributed by atoms with Crippen LogP contribution in [0.3, 0.4) is 0 Å². The zero-order valence-electron chi connectivity index (χ0n) is 8.55. The molecule has 0 amide bonds. The Morgan fingerprint density at radius 1 is 0.944 bits per heavy atom. The van der Waals surface area contributed by atoms with E-state index in [1.807, 2.05) is 0 Å². The third-order valence-electron chi connectivity index (χ3n) is 1.95. The summed E-state index contributed by atoms with van der Waals surface area (Å²) in [5.41, 5.74) is 0. The number of pyridine rings is 1. The maximum Gasteiger partial charge on any atom is 0.239 e. The van der Waals surface area contributed by atoms with Crippen molar-refractivity contribution in [2.45, 2.75) is 0 Å². The lowest BCUT2D eigenvalue weighted by molar-refractivity contribution is 0.463. The van der Waals surface area contributed by atoms with Crippen LogP contribution in [0.4, 0.5) is 0 Å². The van der Waals surface area contributed by atoms with Crippen LogP contribution in [-0.4, -0.2) is 4.98 Å². The lowest BCUT2D eigenvalue weighted by Gasteiger charge is -2.09. The lowest BCUT2D eigenvalue weighted by Crippen LogP contribution is -1.91. The van der Waals surface area contributed by atoms with Crippen LogP contribution in [-0.2, 0) is 0 Å². The van der Waals surface area contributed by atoms with Gasteiger partial charge in [0.1, 0.15) is 10.8 Å². The highest BCUT2D eigenvalue weighted by Crippen LogP contribution is 2.36. The van der Waals surface area contributed by atoms with Crippen molar-refractivity contribution in [1.29, 1.82) is 0 Å². The SMILES string of the molecule is Clc1ccc(Br)cc1Oc1nc(Cl)c(Cl)cc1Cl. The second kappa shape index (κ2) is 5.85. The van der Waals surface area contributed by atoms with E-state index in [2.05, 4.69) is 20.9 Å². The van der Waals surface area contributed by atoms with Crippen LogP contribution in [0.5, 0.6) is 11.6 Å². The molecule has 0 aliphatic heterocycles. The molecule has 1 aromatic heterocycles. The molecular weight excluding hydrogens is 384 g/mol. The van der Waals surface area contributed by atoms with E-state index in [0.29, 0.717) is 10.8 Å². The van der Waals surface area contributed by atoms with Gasteiger partial charge in [0.15, 0.2) is 5.15 Å². The van der Waals surface area contributed by atoms with E-state index in [9.17, 15) is 0 Å². The monoisotopic (exact) mass is 385 g/mol. The number of hydrogen-bond acceptors (Lipinski definition) is 2. The molecule has 18 heavy (non-hydrogen) atoms. The average molecular weight is 388 g/mol. The zero-order chi connectivity index (χ0) is 13.3. The summed E-state index contributed by atoms with van der Waals surface area (Å²) in [6, 6.07) is 6.63. The van der Waals surface area contributed by atoms with E-state index in [0.717, 1.165) is 4.47 Å². The summed E-state index contributed by atoms with van der Waals surface area (Å²) < 4.78 is 6.33. The van der Waals surface area contributed by atoms with Gasteiger partial charge in [0.2, 0.25) is 5.88 Å². The molecule has 1 aromatic carbocycles. The van der Waals surface area contributed by atoms with Crippen molar-refractivity contribution in [2.24, 2.45) is 0 Å². The minimum Gasteiger partial charge on any atom is -0.436 e. The van der Waals surface area contributed by atoms with Gasteiger partial charge in [0.25, 0.3) is 0 Å². The minimum absolute atomic E-state index is 0.113. The summed E-state index contributed by atoms with van der Waals surface area (Å²) in [5.74, 6) is 0.560. The molecule has 2 nitrogen and oxygen atoms in total. The van der Waals surface area contributed by atoms with E-state index in [1.54, 1.807) is 18.2 Å². The lowest BCUT2D eigenvalue weighted by atomic mass is 10.3. The Balaban J connectivity index is 2.40. The highest BCUT2D eigenvalue weighted by molar-refractivity contribution is 9.10. The van der Waals surface area contributed by atoms with Gasteiger partial charge in [-0.05, 0) is 24.3 Å². The van der Waals surface area contributed by atoms with Crippen molar-refractivity contribution in [1.82, 2.24) is 4.98 Å². The molecule has 0 N–H and O–H groups in total. The predicted octanol–water partition coefficient (Wildman–Crippen LogP) is 6.25. The smallest absolute Gasteiger partial charge is 0.239 e. The Morgan fingerprint density at radius 2 is 1.67 bits per heavy atom. The molecule has 2 aromatic rings. The molecule has 0 aliphatic rings. The normalized spacial score (nSPS) is 10.5. The van der Waals surface area contributed by atoms with Gasteiger partial charge in [-0.2, -0.15) is 4.98 Å². The largest absolute Gasteiger partial charge is 0.436 e. The van der Waals surface area contributed by atoms with E-state index < -0.39 is 0 Å². The molecule has 0 saturated heterocycles. The standard InChI is InChI=1S/C11H4BrCl4NO/c12-5-1-2-6(13)9(3-5)18-11-8(15)4-7(14)10(16)17-11/h1-4H. The first kappa shape index (κ1) is 14.2. The summed E-state index contributed by atoms with van der Waals surface area (Å²) in [7, 11) is 0. The quantitative estimate of drug-likeness (QED) is 0.568. The van der Waals surface area contributed by atoms with E-state index in [4.69, 9.17) is 51.1 Å². The number of halogens is 5. The van der Waals surface area contributed by atoms with Crippen LogP contribution >= 0.6 is 62.3 Å². The zero-order valence-corrected chi connectivity index (χ0v) is 13.2. The highest BCUT2D eigenvalue weighted by Gasteiger charge is 2.12. The number of benzene rings is 1. The Bertz CT molecular complexity index is 606. The molecule has 0 radical (unpaired) electrons. The summed E-state index contributed by atoms with van der Waals surface area (Å²) >= 11 is 26.8. The van der Waals surface area contributed by atoms with E-state index >= 15 is 0 Å². The predicted molar refractivity (Wildman–Crippen MR) is 78.5 cm³/mol. The van der Waals surface area contributed by atoms with Gasteiger partial charge in [-0.25, -0.2) is 0 Å². The first-order chi connectivity index (χ1) is 8.47. The fourth-order valence-corrected chi connectivity index (χ4v) is 2.18. The van der Waals surface area contributed by atoms with Crippen LogP contribution in [0.1, 0.15) is 0 Å². The summed E-state index contributed by atoms with van der Waals surface area (Å²) in [4.78, 5) is 3.94. The summed E-state index contributed by atoms with van der Waals surface area (Å²) in [5, 5.41) is 1.05. The minimum atomic E-state index is 0.113. The van der Waals surface area contributed by atoms with Crippen molar-refractivity contribution in [3.63, 3.8) is 0 Å². The molecule has 0 saturated carbocycles. The van der Waals surface area contributed by atoms with Crippen LogP contribution in [0.15, 0.2) is 28.7 Å². The maximum atomic E-state index is 5.99. The molecule has 0 atom stereocenters. The molecule has 0 bridgehead atoms. The third kappa shape index (κ3) is 3.22. The van der Waals surface area contributed by atoms with E-state index in [1.165, 1.54) is 6.07 Å². The summed E-state index contributed by atoms with van der Waals surface area (Å²) in [6.45, 7) is 0. The van der Waals surface area contributed by atoms with Gasteiger partial charge in [-0.15, -0.1) is 0 Å². The Morgan fingerprint density at radius 3 is 2.39 bits per heavy atom. The van der Waals surface area contributed by atoms with Crippen molar-refractivity contribution in [3.8, 4) is 11.6 Å². The number of nitrogens with zero attached hydrogens (tertiary/aromatic N) is 1. The Labute approximate surface area is 132 Å². The number of ether oxygens (including phenoxy) is 1. The van der Waals surface area contributed by atoms with Crippen molar-refractivity contribution in [3.05, 3.63) is 49.0 Å². The van der Waals surface area contributed by atoms with Gasteiger partial charge >= 0.3 is 0 Å². The molecule has 94 valence electrons. The van der Waals surface area contributed by atoms with Crippen molar-refractivity contribution < 1.29 is 4.74 Å². The van der Waals surface area contributed by atoms with Gasteiger partial charge in [0, 0.05) is 4.47 Å². The fourth-order valence-electron chi connectivity index (χ4n) is 1.16.